The van der Waals surface area contributed by atoms with Gasteiger partial charge in [0.25, 0.3) is 0 Å². The summed E-state index contributed by atoms with van der Waals surface area (Å²) in [7, 11) is 0. The summed E-state index contributed by atoms with van der Waals surface area (Å²) in [5, 5.41) is 1.52. The number of nitrogens with zero attached hydrogens (tertiary/aromatic N) is 1. The molecule has 0 spiro atoms. The normalized spacial score (nSPS) is 28.8. The van der Waals surface area contributed by atoms with Crippen molar-refractivity contribution in [1.82, 2.24) is 5.06 Å². The molecule has 2 fully saturated rings. The van der Waals surface area contributed by atoms with Gasteiger partial charge in [0.2, 0.25) is 5.91 Å². The highest BCUT2D eigenvalue weighted by Gasteiger charge is 2.49. The molecule has 1 aliphatic carbocycles. The molecule has 0 N–H and O–H groups in total. The van der Waals surface area contributed by atoms with E-state index < -0.39 is 0 Å². The number of hydrogen-bond acceptors (Lipinski definition) is 2. The van der Waals surface area contributed by atoms with Crippen LogP contribution in [0.3, 0.4) is 0 Å². The molecule has 1 saturated carbocycles. The Labute approximate surface area is 88.6 Å². The number of hydrogen-bond donors (Lipinski definition) is 0. The second-order valence-electron chi connectivity index (χ2n) is 4.26. The SMILES string of the molecule is O=C1C2CC2CON1Cc1ccccc1. The lowest BCUT2D eigenvalue weighted by atomic mass is 10.2. The van der Waals surface area contributed by atoms with Crippen LogP contribution in [0.5, 0.6) is 0 Å². The monoisotopic (exact) mass is 203 g/mol. The minimum Gasteiger partial charge on any atom is -0.272 e. The Morgan fingerprint density at radius 1 is 1.33 bits per heavy atom. The fourth-order valence-electron chi connectivity index (χ4n) is 2.04. The highest BCUT2D eigenvalue weighted by molar-refractivity contribution is 5.81. The first kappa shape index (κ1) is 8.92. The zero-order valence-corrected chi connectivity index (χ0v) is 8.43. The summed E-state index contributed by atoms with van der Waals surface area (Å²) in [5.74, 6) is 0.919. The van der Waals surface area contributed by atoms with E-state index in [1.54, 1.807) is 0 Å². The highest BCUT2D eigenvalue weighted by Crippen LogP contribution is 2.43. The number of fused-ring (bicyclic) bond motifs is 1. The summed E-state index contributed by atoms with van der Waals surface area (Å²) < 4.78 is 0. The smallest absolute Gasteiger partial charge is 0.249 e. The van der Waals surface area contributed by atoms with E-state index in [0.717, 1.165) is 12.0 Å². The van der Waals surface area contributed by atoms with E-state index in [9.17, 15) is 4.79 Å². The number of carbonyl (C=O) groups excluding carboxylic acids is 1. The standard InChI is InChI=1S/C12H13NO2/c14-12-11-6-10(11)8-15-13(12)7-9-4-2-1-3-5-9/h1-5,10-11H,6-8H2. The van der Waals surface area contributed by atoms with Gasteiger partial charge in [-0.15, -0.1) is 0 Å². The van der Waals surface area contributed by atoms with E-state index in [1.807, 2.05) is 30.3 Å². The van der Waals surface area contributed by atoms with Gasteiger partial charge < -0.3 is 0 Å². The molecule has 1 heterocycles. The van der Waals surface area contributed by atoms with Gasteiger partial charge in [-0.3, -0.25) is 9.63 Å². The molecule has 78 valence electrons. The zero-order chi connectivity index (χ0) is 10.3. The van der Waals surface area contributed by atoms with Gasteiger partial charge >= 0.3 is 0 Å². The molecule has 1 aromatic carbocycles. The third-order valence-corrected chi connectivity index (χ3v) is 3.10. The number of carbonyl (C=O) groups is 1. The Morgan fingerprint density at radius 2 is 2.13 bits per heavy atom. The fraction of sp³-hybridized carbons (Fsp3) is 0.417. The molecule has 2 atom stereocenters. The number of benzene rings is 1. The fourth-order valence-corrected chi connectivity index (χ4v) is 2.04. The first-order valence-corrected chi connectivity index (χ1v) is 5.33. The van der Waals surface area contributed by atoms with Crippen LogP contribution in [-0.4, -0.2) is 17.6 Å². The summed E-state index contributed by atoms with van der Waals surface area (Å²) in [5.41, 5.74) is 1.12. The maximum absolute atomic E-state index is 11.8. The molecule has 2 unspecified atom stereocenters. The van der Waals surface area contributed by atoms with Crippen LogP contribution in [0.15, 0.2) is 30.3 Å². The van der Waals surface area contributed by atoms with Crippen molar-refractivity contribution in [3.8, 4) is 0 Å². The van der Waals surface area contributed by atoms with Crippen molar-refractivity contribution in [3.63, 3.8) is 0 Å². The molecular formula is C12H13NO2. The van der Waals surface area contributed by atoms with Crippen molar-refractivity contribution in [2.45, 2.75) is 13.0 Å². The van der Waals surface area contributed by atoms with E-state index >= 15 is 0 Å². The van der Waals surface area contributed by atoms with E-state index in [4.69, 9.17) is 4.84 Å². The van der Waals surface area contributed by atoms with Gasteiger partial charge in [-0.05, 0) is 17.9 Å². The predicted molar refractivity (Wildman–Crippen MR) is 54.5 cm³/mol. The summed E-state index contributed by atoms with van der Waals surface area (Å²) in [6, 6.07) is 9.94. The lowest BCUT2D eigenvalue weighted by Crippen LogP contribution is -2.36. The minimum absolute atomic E-state index is 0.162. The Morgan fingerprint density at radius 3 is 2.93 bits per heavy atom. The number of amides is 1. The van der Waals surface area contributed by atoms with Crippen molar-refractivity contribution in [1.29, 1.82) is 0 Å². The Balaban J connectivity index is 1.70. The molecule has 0 radical (unpaired) electrons. The van der Waals surface area contributed by atoms with Crippen molar-refractivity contribution < 1.29 is 9.63 Å². The molecular weight excluding hydrogens is 190 g/mol. The number of rotatable bonds is 2. The molecule has 0 aromatic heterocycles. The molecule has 3 heteroatoms. The van der Waals surface area contributed by atoms with Gasteiger partial charge in [0.15, 0.2) is 0 Å². The third kappa shape index (κ3) is 1.63. The first-order chi connectivity index (χ1) is 7.34. The van der Waals surface area contributed by atoms with Gasteiger partial charge in [-0.2, -0.15) is 0 Å². The molecule has 1 aliphatic heterocycles. The van der Waals surface area contributed by atoms with Crippen LogP contribution in [0.2, 0.25) is 0 Å². The van der Waals surface area contributed by atoms with Gasteiger partial charge in [-0.25, -0.2) is 5.06 Å². The van der Waals surface area contributed by atoms with Crippen LogP contribution in [-0.2, 0) is 16.2 Å². The maximum atomic E-state index is 11.8. The zero-order valence-electron chi connectivity index (χ0n) is 8.43. The third-order valence-electron chi connectivity index (χ3n) is 3.10. The van der Waals surface area contributed by atoms with Crippen molar-refractivity contribution in [3.05, 3.63) is 35.9 Å². The Hall–Kier alpha value is -1.35. The average molecular weight is 203 g/mol. The molecule has 1 saturated heterocycles. The lowest BCUT2D eigenvalue weighted by molar-refractivity contribution is -0.203. The molecule has 0 bridgehead atoms. The van der Waals surface area contributed by atoms with Crippen LogP contribution >= 0.6 is 0 Å². The van der Waals surface area contributed by atoms with Gasteiger partial charge in [0.1, 0.15) is 0 Å². The lowest BCUT2D eigenvalue weighted by Gasteiger charge is -2.25. The van der Waals surface area contributed by atoms with Crippen LogP contribution in [0.25, 0.3) is 0 Å². The van der Waals surface area contributed by atoms with E-state index in [2.05, 4.69) is 0 Å². The van der Waals surface area contributed by atoms with E-state index in [1.165, 1.54) is 5.06 Å². The van der Waals surface area contributed by atoms with Gasteiger partial charge in [-0.1, -0.05) is 30.3 Å². The molecule has 3 nitrogen and oxygen atoms in total. The minimum atomic E-state index is 0.162. The maximum Gasteiger partial charge on any atom is 0.249 e. The molecule has 2 aliphatic rings. The second-order valence-corrected chi connectivity index (χ2v) is 4.26. The quantitative estimate of drug-likeness (QED) is 0.730. The Kier molecular flexibility index (Phi) is 1.99. The average Bonchev–Trinajstić information content (AvgIpc) is 3.04. The largest absolute Gasteiger partial charge is 0.272 e. The van der Waals surface area contributed by atoms with Gasteiger partial charge in [0.05, 0.1) is 13.2 Å². The molecule has 1 amide bonds. The summed E-state index contributed by atoms with van der Waals surface area (Å²) in [4.78, 5) is 17.2. The van der Waals surface area contributed by atoms with Crippen molar-refractivity contribution in [2.75, 3.05) is 6.61 Å². The van der Waals surface area contributed by atoms with Crippen molar-refractivity contribution in [2.24, 2.45) is 11.8 Å². The van der Waals surface area contributed by atoms with E-state index in [0.29, 0.717) is 19.1 Å². The van der Waals surface area contributed by atoms with E-state index in [-0.39, 0.29) is 11.8 Å². The van der Waals surface area contributed by atoms with Crippen molar-refractivity contribution >= 4 is 5.91 Å². The Bertz CT molecular complexity index is 376. The van der Waals surface area contributed by atoms with Crippen LogP contribution in [0.1, 0.15) is 12.0 Å². The molecule has 15 heavy (non-hydrogen) atoms. The summed E-state index contributed by atoms with van der Waals surface area (Å²) >= 11 is 0. The molecule has 1 aromatic rings. The van der Waals surface area contributed by atoms with Crippen LogP contribution in [0.4, 0.5) is 0 Å². The first-order valence-electron chi connectivity index (χ1n) is 5.33. The summed E-state index contributed by atoms with van der Waals surface area (Å²) in [6.07, 6.45) is 1.02. The second kappa shape index (κ2) is 3.35. The highest BCUT2D eigenvalue weighted by atomic mass is 16.7. The number of hydroxylamine groups is 2. The molecule has 3 rings (SSSR count). The topological polar surface area (TPSA) is 29.5 Å². The van der Waals surface area contributed by atoms with Crippen LogP contribution in [0, 0.1) is 11.8 Å². The van der Waals surface area contributed by atoms with Gasteiger partial charge in [0, 0.05) is 5.92 Å². The van der Waals surface area contributed by atoms with Crippen LogP contribution < -0.4 is 0 Å². The predicted octanol–water partition coefficient (Wildman–Crippen LogP) is 1.60. The summed E-state index contributed by atoms with van der Waals surface area (Å²) in [6.45, 7) is 1.28.